The second kappa shape index (κ2) is 3.89. The lowest BCUT2D eigenvalue weighted by Gasteiger charge is -2.09. The van der Waals surface area contributed by atoms with Crippen molar-refractivity contribution >= 4 is 15.9 Å². The highest BCUT2D eigenvalue weighted by molar-refractivity contribution is 9.10. The topological polar surface area (TPSA) is 30.7 Å². The molecular weight excluding hydrogens is 287 g/mol. The highest BCUT2D eigenvalue weighted by Crippen LogP contribution is 2.31. The molecule has 0 saturated carbocycles. The molecule has 2 aromatic rings. The highest BCUT2D eigenvalue weighted by Gasteiger charge is 2.36. The summed E-state index contributed by atoms with van der Waals surface area (Å²) in [5, 5.41) is 3.56. The second-order valence-corrected chi connectivity index (χ2v) is 3.71. The molecule has 83 valence electrons. The van der Waals surface area contributed by atoms with Crippen molar-refractivity contribution in [1.29, 1.82) is 0 Å². The first-order chi connectivity index (χ1) is 7.50. The van der Waals surface area contributed by atoms with Crippen LogP contribution in [0.1, 0.15) is 5.69 Å². The summed E-state index contributed by atoms with van der Waals surface area (Å²) in [7, 11) is 0. The Labute approximate surface area is 97.0 Å². The minimum Gasteiger partial charge on any atom is -0.236 e. The van der Waals surface area contributed by atoms with Crippen LogP contribution < -0.4 is 0 Å². The number of halogens is 4. The number of pyridine rings is 1. The van der Waals surface area contributed by atoms with E-state index < -0.39 is 11.9 Å². The molecule has 1 radical (unpaired) electrons. The number of alkyl halides is 3. The summed E-state index contributed by atoms with van der Waals surface area (Å²) < 4.78 is 38.8. The third-order valence-corrected chi connectivity index (χ3v) is 2.41. The molecule has 2 rings (SSSR count). The molecule has 2 heterocycles. The first-order valence-electron chi connectivity index (χ1n) is 4.14. The zero-order chi connectivity index (χ0) is 11.8. The molecule has 0 aliphatic carbocycles. The molecule has 0 aromatic carbocycles. The van der Waals surface area contributed by atoms with E-state index in [4.69, 9.17) is 0 Å². The number of hydrogen-bond acceptors (Lipinski definition) is 2. The van der Waals surface area contributed by atoms with Crippen molar-refractivity contribution in [3.05, 3.63) is 40.8 Å². The molecule has 7 heteroatoms. The van der Waals surface area contributed by atoms with E-state index in [2.05, 4.69) is 26.0 Å². The largest absolute Gasteiger partial charge is 0.434 e. The fourth-order valence-electron chi connectivity index (χ4n) is 1.16. The minimum atomic E-state index is -4.51. The Bertz CT molecular complexity index is 507. The van der Waals surface area contributed by atoms with E-state index in [0.717, 1.165) is 6.20 Å². The van der Waals surface area contributed by atoms with Crippen molar-refractivity contribution in [2.24, 2.45) is 0 Å². The Morgan fingerprint density at radius 2 is 2.12 bits per heavy atom. The Kier molecular flexibility index (Phi) is 2.71. The van der Waals surface area contributed by atoms with Gasteiger partial charge in [0.1, 0.15) is 0 Å². The number of aromatic nitrogens is 3. The van der Waals surface area contributed by atoms with E-state index in [9.17, 15) is 13.2 Å². The molecule has 0 bridgehead atoms. The van der Waals surface area contributed by atoms with Gasteiger partial charge < -0.3 is 0 Å². The predicted molar refractivity (Wildman–Crippen MR) is 52.9 cm³/mol. The van der Waals surface area contributed by atoms with Crippen molar-refractivity contribution in [1.82, 2.24) is 14.8 Å². The average Bonchev–Trinajstić information content (AvgIpc) is 2.66. The quantitative estimate of drug-likeness (QED) is 0.809. The monoisotopic (exact) mass is 290 g/mol. The minimum absolute atomic E-state index is 0.0797. The molecule has 16 heavy (non-hydrogen) atoms. The number of rotatable bonds is 1. The van der Waals surface area contributed by atoms with Gasteiger partial charge in [-0.05, 0) is 28.1 Å². The van der Waals surface area contributed by atoms with E-state index in [-0.39, 0.29) is 5.82 Å². The molecule has 0 aliphatic heterocycles. The Hall–Kier alpha value is -1.37. The van der Waals surface area contributed by atoms with Crippen LogP contribution in [0.2, 0.25) is 0 Å². The van der Waals surface area contributed by atoms with Crippen molar-refractivity contribution in [3.63, 3.8) is 0 Å². The fraction of sp³-hybridized carbons (Fsp3) is 0.111. The van der Waals surface area contributed by atoms with Crippen LogP contribution in [-0.2, 0) is 6.18 Å². The van der Waals surface area contributed by atoms with Crippen LogP contribution in [0.3, 0.4) is 0 Å². The van der Waals surface area contributed by atoms with Crippen LogP contribution in [0.5, 0.6) is 0 Å². The predicted octanol–water partition coefficient (Wildman–Crippen LogP) is 2.85. The number of hydrogen-bond donors (Lipinski definition) is 0. The van der Waals surface area contributed by atoms with Crippen LogP contribution in [-0.4, -0.2) is 14.8 Å². The zero-order valence-electron chi connectivity index (χ0n) is 7.66. The SMILES string of the molecule is FC(F)(F)c1[c]cnn1-c1ncccc1Br. The molecule has 0 atom stereocenters. The lowest BCUT2D eigenvalue weighted by atomic mass is 10.4. The summed E-state index contributed by atoms with van der Waals surface area (Å²) >= 11 is 3.11. The zero-order valence-corrected chi connectivity index (χ0v) is 9.25. The van der Waals surface area contributed by atoms with Gasteiger partial charge in [-0.15, -0.1) is 0 Å². The summed E-state index contributed by atoms with van der Waals surface area (Å²) in [6.07, 6.45) is -2.15. The van der Waals surface area contributed by atoms with E-state index in [0.29, 0.717) is 9.15 Å². The summed E-state index contributed by atoms with van der Waals surface area (Å²) in [4.78, 5) is 3.83. The maximum atomic E-state index is 12.6. The smallest absolute Gasteiger partial charge is 0.236 e. The molecule has 0 N–H and O–H groups in total. The van der Waals surface area contributed by atoms with Gasteiger partial charge in [-0.1, -0.05) is 0 Å². The third kappa shape index (κ3) is 1.95. The molecule has 0 spiro atoms. The van der Waals surface area contributed by atoms with Gasteiger partial charge in [0.2, 0.25) is 0 Å². The van der Waals surface area contributed by atoms with Gasteiger partial charge in [0.05, 0.1) is 10.7 Å². The molecule has 0 saturated heterocycles. The molecular formula is C9H4BrF3N3. The van der Waals surface area contributed by atoms with Gasteiger partial charge >= 0.3 is 6.18 Å². The first-order valence-corrected chi connectivity index (χ1v) is 4.93. The van der Waals surface area contributed by atoms with Crippen molar-refractivity contribution < 1.29 is 13.2 Å². The van der Waals surface area contributed by atoms with Gasteiger partial charge in [-0.3, -0.25) is 0 Å². The van der Waals surface area contributed by atoms with Crippen LogP contribution in [0.15, 0.2) is 29.0 Å². The van der Waals surface area contributed by atoms with Crippen molar-refractivity contribution in [2.45, 2.75) is 6.18 Å². The standard InChI is InChI=1S/C9H4BrF3N3/c10-6-2-1-4-14-8(6)16-7(3-5-15-16)9(11,12)13/h1-2,4-5H. The molecule has 0 aliphatic rings. The normalized spacial score (nSPS) is 11.8. The van der Waals surface area contributed by atoms with Crippen LogP contribution in [0, 0.1) is 6.07 Å². The molecule has 0 amide bonds. The summed E-state index contributed by atoms with van der Waals surface area (Å²) in [6, 6.07) is 5.23. The van der Waals surface area contributed by atoms with Crippen molar-refractivity contribution in [2.75, 3.05) is 0 Å². The summed E-state index contributed by atoms with van der Waals surface area (Å²) in [5.74, 6) is 0.0797. The van der Waals surface area contributed by atoms with Crippen LogP contribution in [0.25, 0.3) is 5.82 Å². The average molecular weight is 291 g/mol. The van der Waals surface area contributed by atoms with E-state index in [1.807, 2.05) is 6.07 Å². The third-order valence-electron chi connectivity index (χ3n) is 1.79. The maximum Gasteiger partial charge on any atom is 0.434 e. The summed E-state index contributed by atoms with van der Waals surface area (Å²) in [6.45, 7) is 0. The Balaban J connectivity index is 2.58. The van der Waals surface area contributed by atoms with E-state index >= 15 is 0 Å². The van der Waals surface area contributed by atoms with Gasteiger partial charge in [0.15, 0.2) is 11.5 Å². The lowest BCUT2D eigenvalue weighted by Crippen LogP contribution is -2.14. The molecule has 0 unspecified atom stereocenters. The maximum absolute atomic E-state index is 12.6. The van der Waals surface area contributed by atoms with Crippen LogP contribution in [0.4, 0.5) is 13.2 Å². The second-order valence-electron chi connectivity index (χ2n) is 2.86. The Morgan fingerprint density at radius 1 is 1.38 bits per heavy atom. The van der Waals surface area contributed by atoms with Gasteiger partial charge in [0.25, 0.3) is 0 Å². The Morgan fingerprint density at radius 3 is 2.75 bits per heavy atom. The van der Waals surface area contributed by atoms with E-state index in [1.54, 1.807) is 12.1 Å². The first kappa shape index (κ1) is 11.1. The molecule has 2 aromatic heterocycles. The number of nitrogens with zero attached hydrogens (tertiary/aromatic N) is 3. The van der Waals surface area contributed by atoms with Gasteiger partial charge in [-0.25, -0.2) is 9.67 Å². The lowest BCUT2D eigenvalue weighted by molar-refractivity contribution is -0.143. The van der Waals surface area contributed by atoms with Crippen LogP contribution >= 0.6 is 15.9 Å². The van der Waals surface area contributed by atoms with Gasteiger partial charge in [0, 0.05) is 12.3 Å². The van der Waals surface area contributed by atoms with Crippen molar-refractivity contribution in [3.8, 4) is 5.82 Å². The highest BCUT2D eigenvalue weighted by atomic mass is 79.9. The molecule has 3 nitrogen and oxygen atoms in total. The molecule has 0 fully saturated rings. The van der Waals surface area contributed by atoms with E-state index in [1.165, 1.54) is 6.20 Å². The fourth-order valence-corrected chi connectivity index (χ4v) is 1.59. The van der Waals surface area contributed by atoms with Gasteiger partial charge in [-0.2, -0.15) is 18.3 Å². The summed E-state index contributed by atoms with van der Waals surface area (Å²) in [5.41, 5.74) is -0.980.